The Labute approximate surface area is 309 Å². The molecule has 238 valence electrons. The molecule has 1 aliphatic carbocycles. The standard InChI is InChI=1S/C33H39FN6O5.K/c1-4-7-28-26(16-20-10-15-24(27(34)17-20)23-8-5-6-9-25(23)29-37-32(42)45-38-29)30(41)39(31-35-19-36-40(28)31)21-11-13-22(14-12-21)44-18-33(2,3)43;/h5-6,8-10,15,17,19,21-22,32,42-43H,4,7,11-14,16,18H2,1-3H3,(H,37,38);/q;+1. The minimum absolute atomic E-state index is 0. The first kappa shape index (κ1) is 35.0. The van der Waals surface area contributed by atoms with Gasteiger partial charge in [0.1, 0.15) is 12.1 Å². The van der Waals surface area contributed by atoms with E-state index in [0.29, 0.717) is 45.9 Å². The quantitative estimate of drug-likeness (QED) is 0.216. The van der Waals surface area contributed by atoms with E-state index in [9.17, 15) is 15.0 Å². The number of hydrogen-bond donors (Lipinski definition) is 3. The van der Waals surface area contributed by atoms with Crippen LogP contribution in [0.25, 0.3) is 16.9 Å². The normalized spacial score (nSPS) is 20.0. The number of aryl methyl sites for hydroxylation is 1. The molecule has 0 amide bonds. The van der Waals surface area contributed by atoms with E-state index in [1.165, 1.54) is 12.4 Å². The van der Waals surface area contributed by atoms with Gasteiger partial charge in [0.25, 0.3) is 12.0 Å². The average Bonchev–Trinajstić information content (AvgIpc) is 3.68. The van der Waals surface area contributed by atoms with Crippen LogP contribution in [-0.4, -0.2) is 59.9 Å². The molecule has 46 heavy (non-hydrogen) atoms. The summed E-state index contributed by atoms with van der Waals surface area (Å²) in [6.07, 6.45) is 4.83. The van der Waals surface area contributed by atoms with E-state index in [1.807, 2.05) is 13.0 Å². The van der Waals surface area contributed by atoms with Gasteiger partial charge in [-0.3, -0.25) is 9.36 Å². The van der Waals surface area contributed by atoms with Gasteiger partial charge in [0, 0.05) is 29.2 Å². The molecular formula is C33H39FKN6O5+. The van der Waals surface area contributed by atoms with E-state index in [1.54, 1.807) is 53.3 Å². The maximum atomic E-state index is 15.8. The number of hydroxylamine groups is 1. The van der Waals surface area contributed by atoms with Crippen LogP contribution in [0, 0.1) is 5.82 Å². The summed E-state index contributed by atoms with van der Waals surface area (Å²) in [5.74, 6) is 0.387. The van der Waals surface area contributed by atoms with Crippen LogP contribution >= 0.6 is 0 Å². The summed E-state index contributed by atoms with van der Waals surface area (Å²) in [5, 5.41) is 24.2. The van der Waals surface area contributed by atoms with Crippen molar-refractivity contribution in [1.82, 2.24) is 24.6 Å². The summed E-state index contributed by atoms with van der Waals surface area (Å²) in [6.45, 7) is 5.76. The fraction of sp³-hybridized carbons (Fsp3) is 0.455. The molecule has 2 aromatic heterocycles. The second kappa shape index (κ2) is 14.8. The summed E-state index contributed by atoms with van der Waals surface area (Å²) in [7, 11) is 0. The van der Waals surface area contributed by atoms with Crippen molar-refractivity contribution >= 4 is 11.6 Å². The molecule has 2 aromatic carbocycles. The van der Waals surface area contributed by atoms with Gasteiger partial charge in [-0.05, 0) is 63.1 Å². The van der Waals surface area contributed by atoms with Gasteiger partial charge in [0.05, 0.1) is 24.0 Å². The molecule has 4 aromatic rings. The van der Waals surface area contributed by atoms with Crippen LogP contribution in [0.5, 0.6) is 0 Å². The second-order valence-corrected chi connectivity index (χ2v) is 12.4. The molecule has 0 saturated heterocycles. The van der Waals surface area contributed by atoms with E-state index < -0.39 is 17.8 Å². The van der Waals surface area contributed by atoms with E-state index in [2.05, 4.69) is 20.6 Å². The Kier molecular flexibility index (Phi) is 11.3. The molecule has 11 nitrogen and oxygen atoms in total. The third-order valence-corrected chi connectivity index (χ3v) is 8.38. The zero-order valence-corrected chi connectivity index (χ0v) is 29.9. The summed E-state index contributed by atoms with van der Waals surface area (Å²) >= 11 is 0. The Bertz CT molecular complexity index is 1780. The predicted molar refractivity (Wildman–Crippen MR) is 166 cm³/mol. The number of aliphatic imine (C=N–C) groups is 1. The van der Waals surface area contributed by atoms with Crippen molar-refractivity contribution in [2.75, 3.05) is 6.61 Å². The largest absolute Gasteiger partial charge is 1.00 e. The fourth-order valence-electron chi connectivity index (χ4n) is 6.28. The summed E-state index contributed by atoms with van der Waals surface area (Å²) < 4.78 is 25.3. The van der Waals surface area contributed by atoms with Gasteiger partial charge < -0.3 is 14.9 Å². The molecule has 3 heterocycles. The van der Waals surface area contributed by atoms with Crippen molar-refractivity contribution in [3.8, 4) is 11.1 Å². The van der Waals surface area contributed by atoms with Gasteiger partial charge in [-0.25, -0.2) is 24.2 Å². The number of halogens is 1. The topological polar surface area (TPSA) is 136 Å². The zero-order chi connectivity index (χ0) is 31.7. The maximum Gasteiger partial charge on any atom is 1.00 e. The van der Waals surface area contributed by atoms with Gasteiger partial charge in [-0.1, -0.05) is 49.7 Å². The molecule has 1 saturated carbocycles. The van der Waals surface area contributed by atoms with Crippen LogP contribution in [0.2, 0.25) is 0 Å². The SMILES string of the molecule is CCCc1c(Cc2ccc(-c3ccccc3C3=NC(O)ON3)c(F)c2)c(=O)n(C2CCC(OCC(C)(C)O)CC2)c2ncnn12.[K+]. The van der Waals surface area contributed by atoms with Gasteiger partial charge in [0.15, 0.2) is 5.84 Å². The molecule has 6 rings (SSSR count). The minimum atomic E-state index is -1.33. The number of fused-ring (bicyclic) bond motifs is 1. The molecule has 0 spiro atoms. The smallest absolute Gasteiger partial charge is 0.388 e. The summed E-state index contributed by atoms with van der Waals surface area (Å²) in [6, 6.07) is 12.1. The number of aromatic nitrogens is 4. The van der Waals surface area contributed by atoms with Crippen LogP contribution in [-0.2, 0) is 22.4 Å². The molecule has 0 radical (unpaired) electrons. The number of aliphatic hydroxyl groups is 2. The van der Waals surface area contributed by atoms with Gasteiger partial charge in [-0.15, -0.1) is 0 Å². The first-order valence-corrected chi connectivity index (χ1v) is 15.5. The monoisotopic (exact) mass is 657 g/mol. The number of aliphatic hydroxyl groups excluding tert-OH is 1. The van der Waals surface area contributed by atoms with Crippen LogP contribution in [0.1, 0.15) is 81.3 Å². The zero-order valence-electron chi connectivity index (χ0n) is 26.7. The minimum Gasteiger partial charge on any atom is -0.388 e. The number of amidine groups is 1. The number of ether oxygens (including phenoxy) is 1. The Balaban J connectivity index is 0.00000417. The third kappa shape index (κ3) is 7.53. The maximum absolute atomic E-state index is 15.8. The Hall–Kier alpha value is -2.33. The third-order valence-electron chi connectivity index (χ3n) is 8.38. The number of benzene rings is 2. The molecule has 1 unspecified atom stereocenters. The van der Waals surface area contributed by atoms with Crippen molar-refractivity contribution in [2.24, 2.45) is 4.99 Å². The number of rotatable bonds is 10. The molecule has 1 fully saturated rings. The van der Waals surface area contributed by atoms with Crippen molar-refractivity contribution in [3.05, 3.63) is 87.3 Å². The van der Waals surface area contributed by atoms with E-state index in [-0.39, 0.29) is 82.1 Å². The summed E-state index contributed by atoms with van der Waals surface area (Å²) in [5.41, 5.74) is 5.13. The number of hydrogen-bond acceptors (Lipinski definition) is 9. The molecule has 2 aliphatic rings. The first-order valence-electron chi connectivity index (χ1n) is 15.5. The van der Waals surface area contributed by atoms with Gasteiger partial charge >= 0.3 is 51.4 Å². The van der Waals surface area contributed by atoms with Crippen molar-refractivity contribution in [1.29, 1.82) is 0 Å². The average molecular weight is 658 g/mol. The van der Waals surface area contributed by atoms with Crippen LogP contribution < -0.4 is 62.4 Å². The summed E-state index contributed by atoms with van der Waals surface area (Å²) in [4.78, 5) is 27.7. The Morgan fingerprint density at radius 1 is 1.11 bits per heavy atom. The number of nitrogens with one attached hydrogen (secondary N) is 1. The molecule has 3 N–H and O–H groups in total. The Morgan fingerprint density at radius 3 is 2.50 bits per heavy atom. The predicted octanol–water partition coefficient (Wildman–Crippen LogP) is 1.07. The van der Waals surface area contributed by atoms with Crippen LogP contribution in [0.3, 0.4) is 0 Å². The molecular weight excluding hydrogens is 618 g/mol. The second-order valence-electron chi connectivity index (χ2n) is 12.4. The number of nitrogens with zero attached hydrogens (tertiary/aromatic N) is 5. The molecule has 1 atom stereocenters. The Morgan fingerprint density at radius 2 is 1.85 bits per heavy atom. The van der Waals surface area contributed by atoms with E-state index in [4.69, 9.17) is 9.57 Å². The van der Waals surface area contributed by atoms with Gasteiger partial charge in [-0.2, -0.15) is 10.1 Å². The molecule has 13 heteroatoms. The molecule has 0 bridgehead atoms. The molecule has 1 aliphatic heterocycles. The van der Waals surface area contributed by atoms with E-state index >= 15 is 4.39 Å². The first-order chi connectivity index (χ1) is 21.6. The fourth-order valence-corrected chi connectivity index (χ4v) is 6.28. The van der Waals surface area contributed by atoms with Crippen molar-refractivity contribution in [2.45, 2.75) is 89.9 Å². The van der Waals surface area contributed by atoms with Crippen molar-refractivity contribution in [3.63, 3.8) is 0 Å². The van der Waals surface area contributed by atoms with Crippen LogP contribution in [0.15, 0.2) is 58.6 Å². The van der Waals surface area contributed by atoms with E-state index in [0.717, 1.165) is 37.8 Å². The van der Waals surface area contributed by atoms with Crippen LogP contribution in [0.4, 0.5) is 4.39 Å². The van der Waals surface area contributed by atoms with Crippen molar-refractivity contribution < 1.29 is 75.6 Å². The van der Waals surface area contributed by atoms with Gasteiger partial charge in [0.2, 0.25) is 5.78 Å².